The second-order valence-corrected chi connectivity index (χ2v) is 14.3. The highest BCUT2D eigenvalue weighted by molar-refractivity contribution is 9.11. The molecule has 8 nitrogen and oxygen atoms in total. The van der Waals surface area contributed by atoms with Crippen LogP contribution < -0.4 is 5.32 Å². The molecule has 0 spiro atoms. The number of benzene rings is 1. The first-order valence-corrected chi connectivity index (χ1v) is 16.4. The van der Waals surface area contributed by atoms with Gasteiger partial charge in [-0.1, -0.05) is 11.6 Å². The number of nitriles is 1. The summed E-state index contributed by atoms with van der Waals surface area (Å²) in [7, 11) is 0. The highest BCUT2D eigenvalue weighted by Crippen LogP contribution is 2.42. The van der Waals surface area contributed by atoms with Crippen LogP contribution in [0.2, 0.25) is 5.02 Å². The summed E-state index contributed by atoms with van der Waals surface area (Å²) < 4.78 is 3.88. The number of aliphatic hydroxyl groups is 2. The average molecular weight is 668 g/mol. The van der Waals surface area contributed by atoms with Gasteiger partial charge in [-0.05, 0) is 91.0 Å². The monoisotopic (exact) mass is 666 g/mol. The number of piperidine rings is 1. The minimum absolute atomic E-state index is 0.368. The fraction of sp³-hybridized carbons (Fsp3) is 0.419. The van der Waals surface area contributed by atoms with E-state index in [1.807, 2.05) is 41.6 Å². The van der Waals surface area contributed by atoms with Gasteiger partial charge in [0.1, 0.15) is 6.23 Å². The summed E-state index contributed by atoms with van der Waals surface area (Å²) in [4.78, 5) is 9.26. The topological polar surface area (TPSA) is 101 Å². The van der Waals surface area contributed by atoms with Crippen LogP contribution in [0.25, 0.3) is 32.2 Å². The Balaban J connectivity index is 1.26. The number of nitrogens with zero attached hydrogens (tertiary/aromatic N) is 5. The normalized spacial score (nSPS) is 22.9. The Kier molecular flexibility index (Phi) is 7.55. The molecule has 5 heterocycles. The van der Waals surface area contributed by atoms with Crippen molar-refractivity contribution < 1.29 is 10.2 Å². The predicted octanol–water partition coefficient (Wildman–Crippen LogP) is 5.82. The molecule has 3 aromatic heterocycles. The van der Waals surface area contributed by atoms with Crippen molar-refractivity contribution in [2.24, 2.45) is 11.3 Å². The lowest BCUT2D eigenvalue weighted by atomic mass is 9.80. The van der Waals surface area contributed by atoms with E-state index in [1.165, 1.54) is 12.8 Å². The van der Waals surface area contributed by atoms with Crippen LogP contribution in [-0.2, 0) is 13.1 Å². The summed E-state index contributed by atoms with van der Waals surface area (Å²) >= 11 is 11.8. The molecule has 3 aliphatic rings. The fourth-order valence-electron chi connectivity index (χ4n) is 6.32. The fourth-order valence-corrected chi connectivity index (χ4v) is 8.23. The van der Waals surface area contributed by atoms with Crippen LogP contribution in [0.5, 0.6) is 0 Å². The summed E-state index contributed by atoms with van der Waals surface area (Å²) in [6.45, 7) is 3.45. The molecule has 2 atom stereocenters. The van der Waals surface area contributed by atoms with E-state index < -0.39 is 18.0 Å². The van der Waals surface area contributed by atoms with E-state index in [0.29, 0.717) is 28.5 Å². The van der Waals surface area contributed by atoms with Crippen molar-refractivity contribution in [3.05, 3.63) is 63.3 Å². The van der Waals surface area contributed by atoms with Gasteiger partial charge in [0.25, 0.3) is 0 Å². The maximum atomic E-state index is 11.2. The molecule has 42 heavy (non-hydrogen) atoms. The van der Waals surface area contributed by atoms with Crippen LogP contribution in [0.4, 0.5) is 0 Å². The minimum atomic E-state index is -0.939. The summed E-state index contributed by atoms with van der Waals surface area (Å²) in [5.74, 6) is 0.593. The smallest absolute Gasteiger partial charge is 0.188 e. The Labute approximate surface area is 261 Å². The van der Waals surface area contributed by atoms with Gasteiger partial charge in [-0.3, -0.25) is 4.98 Å². The van der Waals surface area contributed by atoms with Gasteiger partial charge >= 0.3 is 0 Å². The minimum Gasteiger partial charge on any atom is -0.373 e. The third-order valence-electron chi connectivity index (χ3n) is 8.80. The molecule has 7 rings (SSSR count). The number of aliphatic hydroxyl groups excluding tert-OH is 2. The Morgan fingerprint density at radius 1 is 1.17 bits per heavy atom. The number of rotatable bonds is 7. The molecule has 3 N–H and O–H groups in total. The zero-order chi connectivity index (χ0) is 29.0. The van der Waals surface area contributed by atoms with Gasteiger partial charge in [0.2, 0.25) is 0 Å². The summed E-state index contributed by atoms with van der Waals surface area (Å²) in [5, 5.41) is 37.4. The molecular weight excluding hydrogens is 636 g/mol. The molecule has 0 radical (unpaired) electrons. The van der Waals surface area contributed by atoms with E-state index >= 15 is 0 Å². The maximum absolute atomic E-state index is 11.2. The van der Waals surface area contributed by atoms with Crippen molar-refractivity contribution in [1.29, 1.82) is 5.26 Å². The first-order valence-electron chi connectivity index (χ1n) is 14.4. The molecule has 2 fully saturated rings. The summed E-state index contributed by atoms with van der Waals surface area (Å²) in [5.41, 5.74) is 3.53. The third-order valence-corrected chi connectivity index (χ3v) is 10.8. The van der Waals surface area contributed by atoms with E-state index in [1.54, 1.807) is 16.2 Å². The predicted molar refractivity (Wildman–Crippen MR) is 170 cm³/mol. The number of fused-ring (bicyclic) bond motifs is 2. The average Bonchev–Trinajstić information content (AvgIpc) is 3.57. The Morgan fingerprint density at radius 3 is 2.74 bits per heavy atom. The zero-order valence-corrected chi connectivity index (χ0v) is 26.2. The largest absolute Gasteiger partial charge is 0.373 e. The van der Waals surface area contributed by atoms with Crippen molar-refractivity contribution in [3.8, 4) is 17.2 Å². The van der Waals surface area contributed by atoms with Crippen molar-refractivity contribution in [2.75, 3.05) is 19.6 Å². The lowest BCUT2D eigenvalue weighted by Gasteiger charge is -2.42. The van der Waals surface area contributed by atoms with Crippen LogP contribution in [0.15, 0.2) is 53.4 Å². The Hall–Kier alpha value is -2.49. The first-order chi connectivity index (χ1) is 20.3. The number of nitrogens with one attached hydrogen (secondary N) is 1. The van der Waals surface area contributed by atoms with E-state index in [4.69, 9.17) is 11.6 Å². The van der Waals surface area contributed by atoms with Crippen molar-refractivity contribution in [3.63, 3.8) is 0 Å². The number of halogens is 2. The molecule has 218 valence electrons. The highest BCUT2D eigenvalue weighted by Gasteiger charge is 2.37. The van der Waals surface area contributed by atoms with Crippen molar-refractivity contribution in [1.82, 2.24) is 24.7 Å². The third kappa shape index (κ3) is 5.26. The van der Waals surface area contributed by atoms with E-state index in [9.17, 15) is 15.5 Å². The van der Waals surface area contributed by atoms with E-state index in [-0.39, 0.29) is 0 Å². The first kappa shape index (κ1) is 28.3. The molecule has 0 bridgehead atoms. The van der Waals surface area contributed by atoms with Gasteiger partial charge in [0.05, 0.1) is 31.7 Å². The van der Waals surface area contributed by atoms with Gasteiger partial charge in [0.15, 0.2) is 6.35 Å². The second kappa shape index (κ2) is 11.2. The van der Waals surface area contributed by atoms with Gasteiger partial charge in [-0.25, -0.2) is 4.90 Å². The lowest BCUT2D eigenvalue weighted by molar-refractivity contribution is -0.162. The van der Waals surface area contributed by atoms with Crippen LogP contribution in [0, 0.1) is 22.7 Å². The Morgan fingerprint density at radius 2 is 1.98 bits per heavy atom. The van der Waals surface area contributed by atoms with E-state index in [2.05, 4.69) is 49.1 Å². The number of hydrogen-bond acceptors (Lipinski definition) is 8. The van der Waals surface area contributed by atoms with Gasteiger partial charge < -0.3 is 25.0 Å². The molecule has 1 aliphatic carbocycles. The molecule has 2 aliphatic heterocycles. The lowest BCUT2D eigenvalue weighted by Crippen LogP contribution is -2.54. The van der Waals surface area contributed by atoms with Gasteiger partial charge in [0, 0.05) is 64.6 Å². The van der Waals surface area contributed by atoms with Gasteiger partial charge in [-0.2, -0.15) is 5.26 Å². The molecule has 0 amide bonds. The van der Waals surface area contributed by atoms with Crippen LogP contribution in [0.3, 0.4) is 0 Å². The Bertz CT molecular complexity index is 1720. The molecule has 11 heteroatoms. The summed E-state index contributed by atoms with van der Waals surface area (Å²) in [6.07, 6.45) is 7.84. The number of pyridine rings is 1. The van der Waals surface area contributed by atoms with Crippen LogP contribution in [-0.4, -0.2) is 61.8 Å². The maximum Gasteiger partial charge on any atom is 0.188 e. The quantitative estimate of drug-likeness (QED) is 0.228. The molecule has 4 aromatic rings. The number of thiophene rings is 1. The van der Waals surface area contributed by atoms with Crippen LogP contribution in [0.1, 0.15) is 30.6 Å². The SMILES string of the molecule is N#CC1(Cn2ccc3cc(Cl)cc(-c4ccnc5cc(CN6C(O)C(Br)=CN(CC7CC7)C6O)sc45)c32)CCNCC1. The molecule has 1 saturated heterocycles. The molecule has 1 saturated carbocycles. The highest BCUT2D eigenvalue weighted by atomic mass is 79.9. The summed E-state index contributed by atoms with van der Waals surface area (Å²) in [6, 6.07) is 12.8. The van der Waals surface area contributed by atoms with Crippen molar-refractivity contribution >= 4 is 60.0 Å². The van der Waals surface area contributed by atoms with Crippen molar-refractivity contribution in [2.45, 2.75) is 51.4 Å². The van der Waals surface area contributed by atoms with Crippen LogP contribution >= 0.6 is 38.9 Å². The number of hydrogen-bond donors (Lipinski definition) is 3. The van der Waals surface area contributed by atoms with Gasteiger partial charge in [-0.15, -0.1) is 11.3 Å². The zero-order valence-electron chi connectivity index (χ0n) is 23.0. The standard InChI is InChI=1S/C31H32BrClN6O2S/c32-25-16-38(14-19-1-2-19)30(41)39(29(25)40)15-22-13-26-28(42-22)23(3-7-36-26)24-12-21(33)11-20-4-10-37(27(20)24)18-31(17-34)5-8-35-9-6-31/h3-4,7,10-13,16,19,29-30,35,40-41H,1-2,5-6,8-9,14-15,18H2. The van der Waals surface area contributed by atoms with E-state index in [0.717, 1.165) is 69.6 Å². The molecular formula is C31H32BrClN6O2S. The molecule has 1 aromatic carbocycles. The number of aromatic nitrogens is 2. The second-order valence-electron chi connectivity index (χ2n) is 11.8. The molecule has 2 unspecified atom stereocenters.